The highest BCUT2D eigenvalue weighted by atomic mass is 16.5. The third kappa shape index (κ3) is 5.35. The highest BCUT2D eigenvalue weighted by molar-refractivity contribution is 6.46. The van der Waals surface area contributed by atoms with E-state index in [0.717, 1.165) is 41.0 Å². The fraction of sp³-hybridized carbons (Fsp3) is 0.312. The summed E-state index contributed by atoms with van der Waals surface area (Å²) in [5, 5.41) is 11.6. The Hall–Kier alpha value is -4.26. The molecule has 204 valence electrons. The van der Waals surface area contributed by atoms with Gasteiger partial charge in [0.25, 0.3) is 11.7 Å². The number of hydrogen-bond acceptors (Lipinski definition) is 6. The molecule has 1 saturated heterocycles. The van der Waals surface area contributed by atoms with Crippen LogP contribution >= 0.6 is 0 Å². The molecule has 0 spiro atoms. The molecule has 0 bridgehead atoms. The molecule has 0 aromatic heterocycles. The molecular formula is C32H36N2O5. The summed E-state index contributed by atoms with van der Waals surface area (Å²) in [6.45, 7) is 10.1. The second-order valence-electron chi connectivity index (χ2n) is 9.69. The molecule has 1 N–H and O–H groups in total. The van der Waals surface area contributed by atoms with Crippen LogP contribution in [0.15, 0.2) is 66.2 Å². The van der Waals surface area contributed by atoms with E-state index >= 15 is 0 Å². The Morgan fingerprint density at radius 1 is 0.923 bits per heavy atom. The van der Waals surface area contributed by atoms with Crippen molar-refractivity contribution in [3.8, 4) is 11.5 Å². The van der Waals surface area contributed by atoms with Gasteiger partial charge in [-0.1, -0.05) is 35.9 Å². The quantitative estimate of drug-likeness (QED) is 0.215. The number of aliphatic hydroxyl groups excluding tert-OH is 1. The Balaban J connectivity index is 1.89. The number of Topliss-reactive ketones (excluding diaryl/α,β-unsaturated/α-hetero) is 1. The number of rotatable bonds is 9. The van der Waals surface area contributed by atoms with Gasteiger partial charge in [-0.15, -0.1) is 0 Å². The highest BCUT2D eigenvalue weighted by Gasteiger charge is 2.46. The minimum absolute atomic E-state index is 0.0318. The number of benzene rings is 3. The zero-order valence-electron chi connectivity index (χ0n) is 23.4. The van der Waals surface area contributed by atoms with Gasteiger partial charge in [0.1, 0.15) is 17.3 Å². The van der Waals surface area contributed by atoms with Crippen LogP contribution in [0.1, 0.15) is 47.7 Å². The second-order valence-corrected chi connectivity index (χ2v) is 9.69. The Bertz CT molecular complexity index is 1410. The lowest BCUT2D eigenvalue weighted by atomic mass is 9.94. The minimum Gasteiger partial charge on any atom is -0.507 e. The van der Waals surface area contributed by atoms with Crippen molar-refractivity contribution in [2.45, 2.75) is 40.3 Å². The van der Waals surface area contributed by atoms with Crippen LogP contribution in [0.2, 0.25) is 0 Å². The molecular weight excluding hydrogens is 492 g/mol. The number of hydrogen-bond donors (Lipinski definition) is 1. The van der Waals surface area contributed by atoms with Crippen LogP contribution in [0.4, 0.5) is 5.69 Å². The van der Waals surface area contributed by atoms with E-state index in [1.165, 1.54) is 14.2 Å². The molecule has 3 aromatic carbocycles. The van der Waals surface area contributed by atoms with Crippen molar-refractivity contribution < 1.29 is 24.2 Å². The Labute approximate surface area is 230 Å². The molecule has 7 heteroatoms. The number of aliphatic hydroxyl groups is 1. The van der Waals surface area contributed by atoms with Gasteiger partial charge in [0.05, 0.1) is 31.4 Å². The van der Waals surface area contributed by atoms with Crippen molar-refractivity contribution >= 4 is 23.1 Å². The highest BCUT2D eigenvalue weighted by Crippen LogP contribution is 2.42. The third-order valence-corrected chi connectivity index (χ3v) is 7.39. The van der Waals surface area contributed by atoms with E-state index in [-0.39, 0.29) is 17.9 Å². The molecule has 1 aliphatic heterocycles. The van der Waals surface area contributed by atoms with Crippen molar-refractivity contribution in [2.75, 3.05) is 32.2 Å². The summed E-state index contributed by atoms with van der Waals surface area (Å²) < 4.78 is 10.8. The van der Waals surface area contributed by atoms with E-state index in [2.05, 4.69) is 18.7 Å². The number of ketones is 1. The lowest BCUT2D eigenvalue weighted by Crippen LogP contribution is -2.29. The summed E-state index contributed by atoms with van der Waals surface area (Å²) in [6, 6.07) is 18.1. The standard InChI is InChI=1S/C32H36N2O5/c1-7-33(8-2)24-13-11-22(12-14-24)29-28(30(35)26-16-15-25(38-5)18-27(26)39-6)31(36)32(37)34(29)19-23-17-20(3)9-10-21(23)4/h9-18,29,35H,7-8,19H2,1-6H3/b30-28-. The van der Waals surface area contributed by atoms with Gasteiger partial charge in [-0.3, -0.25) is 9.59 Å². The van der Waals surface area contributed by atoms with Crippen LogP contribution in [0, 0.1) is 13.8 Å². The molecule has 0 radical (unpaired) electrons. The number of anilines is 1. The average Bonchev–Trinajstić information content (AvgIpc) is 3.20. The van der Waals surface area contributed by atoms with Gasteiger partial charge >= 0.3 is 0 Å². The number of ether oxygens (including phenoxy) is 2. The molecule has 0 saturated carbocycles. The predicted molar refractivity (Wildman–Crippen MR) is 153 cm³/mol. The first-order valence-corrected chi connectivity index (χ1v) is 13.2. The van der Waals surface area contributed by atoms with Gasteiger partial charge in [-0.2, -0.15) is 0 Å². The monoisotopic (exact) mass is 528 g/mol. The van der Waals surface area contributed by atoms with Crippen molar-refractivity contribution in [1.29, 1.82) is 0 Å². The van der Waals surface area contributed by atoms with Gasteiger partial charge in [0.15, 0.2) is 0 Å². The van der Waals surface area contributed by atoms with E-state index in [9.17, 15) is 14.7 Å². The molecule has 0 aliphatic carbocycles. The molecule has 1 heterocycles. The molecule has 1 unspecified atom stereocenters. The molecule has 7 nitrogen and oxygen atoms in total. The summed E-state index contributed by atoms with van der Waals surface area (Å²) in [5.41, 5.74) is 5.17. The average molecular weight is 529 g/mol. The first kappa shape index (κ1) is 27.8. The predicted octanol–water partition coefficient (Wildman–Crippen LogP) is 5.79. The summed E-state index contributed by atoms with van der Waals surface area (Å²) >= 11 is 0. The molecule has 4 rings (SSSR count). The number of nitrogens with zero attached hydrogens (tertiary/aromatic N) is 2. The van der Waals surface area contributed by atoms with Crippen LogP contribution in [-0.4, -0.2) is 49.0 Å². The second kappa shape index (κ2) is 11.6. The van der Waals surface area contributed by atoms with Gasteiger partial charge in [0.2, 0.25) is 0 Å². The lowest BCUT2D eigenvalue weighted by molar-refractivity contribution is -0.140. The maximum absolute atomic E-state index is 13.6. The topological polar surface area (TPSA) is 79.3 Å². The summed E-state index contributed by atoms with van der Waals surface area (Å²) in [7, 11) is 3.02. The first-order valence-electron chi connectivity index (χ1n) is 13.2. The van der Waals surface area contributed by atoms with E-state index in [0.29, 0.717) is 17.1 Å². The lowest BCUT2D eigenvalue weighted by Gasteiger charge is -2.27. The maximum Gasteiger partial charge on any atom is 0.295 e. The Morgan fingerprint density at radius 2 is 1.62 bits per heavy atom. The van der Waals surface area contributed by atoms with E-state index in [1.54, 1.807) is 23.1 Å². The number of aryl methyl sites for hydroxylation is 2. The summed E-state index contributed by atoms with van der Waals surface area (Å²) in [4.78, 5) is 30.9. The number of carbonyl (C=O) groups is 2. The third-order valence-electron chi connectivity index (χ3n) is 7.39. The van der Waals surface area contributed by atoms with Gasteiger partial charge in [-0.05, 0) is 68.7 Å². The SMILES string of the molecule is CCN(CC)c1ccc(C2/C(=C(/O)c3ccc(OC)cc3OC)C(=O)C(=O)N2Cc2cc(C)ccc2C)cc1. The molecule has 1 amide bonds. The Kier molecular flexibility index (Phi) is 8.29. The fourth-order valence-electron chi connectivity index (χ4n) is 5.14. The normalized spacial score (nSPS) is 16.5. The first-order chi connectivity index (χ1) is 18.7. The van der Waals surface area contributed by atoms with Gasteiger partial charge in [-0.25, -0.2) is 0 Å². The molecule has 3 aromatic rings. The van der Waals surface area contributed by atoms with Crippen molar-refractivity contribution in [3.63, 3.8) is 0 Å². The van der Waals surface area contributed by atoms with Crippen LogP contribution in [-0.2, 0) is 16.1 Å². The van der Waals surface area contributed by atoms with Crippen LogP contribution in [0.5, 0.6) is 11.5 Å². The fourth-order valence-corrected chi connectivity index (χ4v) is 5.14. The number of amides is 1. The largest absolute Gasteiger partial charge is 0.507 e. The Morgan fingerprint density at radius 3 is 2.23 bits per heavy atom. The zero-order valence-corrected chi connectivity index (χ0v) is 23.4. The maximum atomic E-state index is 13.6. The van der Waals surface area contributed by atoms with Crippen LogP contribution in [0.3, 0.4) is 0 Å². The van der Waals surface area contributed by atoms with Gasteiger partial charge in [0, 0.05) is 31.4 Å². The number of methoxy groups -OCH3 is 2. The van der Waals surface area contributed by atoms with E-state index < -0.39 is 17.7 Å². The van der Waals surface area contributed by atoms with E-state index in [4.69, 9.17) is 9.47 Å². The number of carbonyl (C=O) groups excluding carboxylic acids is 2. The smallest absolute Gasteiger partial charge is 0.295 e. The molecule has 1 atom stereocenters. The van der Waals surface area contributed by atoms with E-state index in [1.807, 2.05) is 56.3 Å². The molecule has 1 aliphatic rings. The van der Waals surface area contributed by atoms with Gasteiger partial charge < -0.3 is 24.4 Å². The number of likely N-dealkylation sites (tertiary alicyclic amines) is 1. The molecule has 39 heavy (non-hydrogen) atoms. The molecule has 1 fully saturated rings. The van der Waals surface area contributed by atoms with Crippen molar-refractivity contribution in [3.05, 3.63) is 94.1 Å². The minimum atomic E-state index is -0.775. The van der Waals surface area contributed by atoms with Crippen molar-refractivity contribution in [1.82, 2.24) is 4.90 Å². The summed E-state index contributed by atoms with van der Waals surface area (Å²) in [6.07, 6.45) is 0. The zero-order chi connectivity index (χ0) is 28.3. The van der Waals surface area contributed by atoms with Crippen LogP contribution < -0.4 is 14.4 Å². The van der Waals surface area contributed by atoms with Crippen molar-refractivity contribution in [2.24, 2.45) is 0 Å². The van der Waals surface area contributed by atoms with Crippen LogP contribution in [0.25, 0.3) is 5.76 Å². The summed E-state index contributed by atoms with van der Waals surface area (Å²) in [5.74, 6) is -0.782.